The second-order valence-electron chi connectivity index (χ2n) is 4.68. The van der Waals surface area contributed by atoms with E-state index in [0.717, 1.165) is 5.56 Å². The molecule has 2 rings (SSSR count). The third-order valence-electron chi connectivity index (χ3n) is 3.15. The maximum atomic E-state index is 11.4. The molecule has 0 amide bonds. The first-order chi connectivity index (χ1) is 9.58. The number of aliphatic carboxylic acids is 1. The molecule has 0 saturated heterocycles. The standard InChI is InChI=1S/C16H17NO3/c1-11-9-13(7-8-14(11)18)15(16(19)20)17-10-12-5-3-2-4-6-12/h2-9,15,17-18H,10H2,1H3,(H,19,20). The summed E-state index contributed by atoms with van der Waals surface area (Å²) in [6, 6.07) is 13.7. The van der Waals surface area contributed by atoms with Gasteiger partial charge in [-0.1, -0.05) is 42.5 Å². The number of carboxylic acids is 1. The Bertz CT molecular complexity index is 596. The molecule has 0 aliphatic carbocycles. The van der Waals surface area contributed by atoms with Crippen LogP contribution in [0.3, 0.4) is 0 Å². The molecular formula is C16H17NO3. The summed E-state index contributed by atoms with van der Waals surface area (Å²) in [6.45, 7) is 2.21. The summed E-state index contributed by atoms with van der Waals surface area (Å²) in [6.07, 6.45) is 0. The van der Waals surface area contributed by atoms with Crippen LogP contribution in [0.25, 0.3) is 0 Å². The van der Waals surface area contributed by atoms with Crippen LogP contribution in [-0.4, -0.2) is 16.2 Å². The number of aryl methyl sites for hydroxylation is 1. The van der Waals surface area contributed by atoms with E-state index in [1.54, 1.807) is 19.1 Å². The van der Waals surface area contributed by atoms with Crippen molar-refractivity contribution < 1.29 is 15.0 Å². The van der Waals surface area contributed by atoms with E-state index < -0.39 is 12.0 Å². The summed E-state index contributed by atoms with van der Waals surface area (Å²) in [5.41, 5.74) is 2.31. The Balaban J connectivity index is 2.15. The molecule has 0 aliphatic heterocycles. The Morgan fingerprint density at radius 1 is 1.20 bits per heavy atom. The van der Waals surface area contributed by atoms with Crippen LogP contribution in [-0.2, 0) is 11.3 Å². The molecule has 1 unspecified atom stereocenters. The first-order valence-corrected chi connectivity index (χ1v) is 6.37. The van der Waals surface area contributed by atoms with Gasteiger partial charge >= 0.3 is 5.97 Å². The molecule has 0 saturated carbocycles. The number of phenols is 1. The van der Waals surface area contributed by atoms with Gasteiger partial charge in [0.15, 0.2) is 0 Å². The van der Waals surface area contributed by atoms with Crippen molar-refractivity contribution in [1.82, 2.24) is 5.32 Å². The van der Waals surface area contributed by atoms with E-state index in [4.69, 9.17) is 0 Å². The molecular weight excluding hydrogens is 254 g/mol. The van der Waals surface area contributed by atoms with Gasteiger partial charge in [-0.25, -0.2) is 0 Å². The molecule has 2 aromatic carbocycles. The Labute approximate surface area is 117 Å². The summed E-state index contributed by atoms with van der Waals surface area (Å²) in [5.74, 6) is -0.771. The maximum absolute atomic E-state index is 11.4. The Morgan fingerprint density at radius 3 is 2.50 bits per heavy atom. The van der Waals surface area contributed by atoms with Crippen molar-refractivity contribution in [3.05, 3.63) is 65.2 Å². The Morgan fingerprint density at radius 2 is 1.90 bits per heavy atom. The van der Waals surface area contributed by atoms with E-state index in [2.05, 4.69) is 5.32 Å². The van der Waals surface area contributed by atoms with E-state index in [1.807, 2.05) is 30.3 Å². The molecule has 0 fully saturated rings. The van der Waals surface area contributed by atoms with Crippen molar-refractivity contribution in [1.29, 1.82) is 0 Å². The second-order valence-corrected chi connectivity index (χ2v) is 4.68. The number of benzene rings is 2. The fraction of sp³-hybridized carbons (Fsp3) is 0.188. The quantitative estimate of drug-likeness (QED) is 0.782. The monoisotopic (exact) mass is 271 g/mol. The van der Waals surface area contributed by atoms with Gasteiger partial charge in [-0.3, -0.25) is 10.1 Å². The van der Waals surface area contributed by atoms with Crippen molar-refractivity contribution >= 4 is 5.97 Å². The molecule has 0 heterocycles. The zero-order valence-electron chi connectivity index (χ0n) is 11.2. The predicted octanol–water partition coefficient (Wildman–Crippen LogP) is 2.62. The van der Waals surface area contributed by atoms with Gasteiger partial charge in [0.2, 0.25) is 0 Å². The smallest absolute Gasteiger partial charge is 0.325 e. The van der Waals surface area contributed by atoms with Crippen LogP contribution in [0.4, 0.5) is 0 Å². The van der Waals surface area contributed by atoms with Gasteiger partial charge in [-0.2, -0.15) is 0 Å². The van der Waals surface area contributed by atoms with Gasteiger partial charge in [-0.05, 0) is 29.7 Å². The van der Waals surface area contributed by atoms with E-state index in [-0.39, 0.29) is 5.75 Å². The van der Waals surface area contributed by atoms with Crippen LogP contribution >= 0.6 is 0 Å². The summed E-state index contributed by atoms with van der Waals surface area (Å²) in [5, 5.41) is 21.9. The Kier molecular flexibility index (Phi) is 4.38. The maximum Gasteiger partial charge on any atom is 0.325 e. The molecule has 0 radical (unpaired) electrons. The topological polar surface area (TPSA) is 69.6 Å². The summed E-state index contributed by atoms with van der Waals surface area (Å²) >= 11 is 0. The van der Waals surface area contributed by atoms with Crippen molar-refractivity contribution in [3.63, 3.8) is 0 Å². The normalized spacial score (nSPS) is 12.1. The number of carbonyl (C=O) groups is 1. The number of hydrogen-bond donors (Lipinski definition) is 3. The molecule has 0 aromatic heterocycles. The first-order valence-electron chi connectivity index (χ1n) is 6.37. The number of hydrogen-bond acceptors (Lipinski definition) is 3. The molecule has 0 spiro atoms. The van der Waals surface area contributed by atoms with Gasteiger partial charge in [-0.15, -0.1) is 0 Å². The molecule has 2 aromatic rings. The molecule has 0 aliphatic rings. The van der Waals surface area contributed by atoms with Crippen LogP contribution in [0, 0.1) is 6.92 Å². The molecule has 4 heteroatoms. The lowest BCUT2D eigenvalue weighted by atomic mass is 10.0. The zero-order chi connectivity index (χ0) is 14.5. The summed E-state index contributed by atoms with van der Waals surface area (Å²) in [4.78, 5) is 11.4. The van der Waals surface area contributed by atoms with Crippen molar-refractivity contribution in [2.75, 3.05) is 0 Å². The fourth-order valence-corrected chi connectivity index (χ4v) is 2.02. The number of rotatable bonds is 5. The van der Waals surface area contributed by atoms with Crippen molar-refractivity contribution in [2.24, 2.45) is 0 Å². The van der Waals surface area contributed by atoms with Gasteiger partial charge in [0.1, 0.15) is 11.8 Å². The average Bonchev–Trinajstić information content (AvgIpc) is 2.43. The lowest BCUT2D eigenvalue weighted by Crippen LogP contribution is -2.28. The largest absolute Gasteiger partial charge is 0.508 e. The average molecular weight is 271 g/mol. The molecule has 20 heavy (non-hydrogen) atoms. The van der Waals surface area contributed by atoms with Gasteiger partial charge in [0.05, 0.1) is 0 Å². The van der Waals surface area contributed by atoms with Crippen molar-refractivity contribution in [3.8, 4) is 5.75 Å². The van der Waals surface area contributed by atoms with E-state index in [9.17, 15) is 15.0 Å². The number of aromatic hydroxyl groups is 1. The minimum absolute atomic E-state index is 0.168. The predicted molar refractivity (Wildman–Crippen MR) is 76.5 cm³/mol. The molecule has 3 N–H and O–H groups in total. The highest BCUT2D eigenvalue weighted by Gasteiger charge is 2.19. The first kappa shape index (κ1) is 14.1. The Hall–Kier alpha value is -2.33. The van der Waals surface area contributed by atoms with E-state index >= 15 is 0 Å². The van der Waals surface area contributed by atoms with Crippen LogP contribution < -0.4 is 5.32 Å². The van der Waals surface area contributed by atoms with Crippen LogP contribution in [0.15, 0.2) is 48.5 Å². The SMILES string of the molecule is Cc1cc(C(NCc2ccccc2)C(=O)O)ccc1O. The van der Waals surface area contributed by atoms with Gasteiger partial charge in [0.25, 0.3) is 0 Å². The lowest BCUT2D eigenvalue weighted by Gasteiger charge is -2.16. The molecule has 4 nitrogen and oxygen atoms in total. The van der Waals surface area contributed by atoms with Crippen LogP contribution in [0.2, 0.25) is 0 Å². The highest BCUT2D eigenvalue weighted by molar-refractivity contribution is 5.75. The third kappa shape index (κ3) is 3.36. The molecule has 1 atom stereocenters. The minimum Gasteiger partial charge on any atom is -0.508 e. The number of phenolic OH excluding ortho intramolecular Hbond substituents is 1. The van der Waals surface area contributed by atoms with Crippen molar-refractivity contribution in [2.45, 2.75) is 19.5 Å². The van der Waals surface area contributed by atoms with Crippen LogP contribution in [0.5, 0.6) is 5.75 Å². The van der Waals surface area contributed by atoms with Gasteiger partial charge < -0.3 is 10.2 Å². The van der Waals surface area contributed by atoms with Gasteiger partial charge in [0, 0.05) is 6.54 Å². The van der Waals surface area contributed by atoms with E-state index in [1.165, 1.54) is 6.07 Å². The number of nitrogens with one attached hydrogen (secondary N) is 1. The minimum atomic E-state index is -0.939. The van der Waals surface area contributed by atoms with E-state index in [0.29, 0.717) is 17.7 Å². The summed E-state index contributed by atoms with van der Waals surface area (Å²) < 4.78 is 0. The summed E-state index contributed by atoms with van der Waals surface area (Å²) in [7, 11) is 0. The second kappa shape index (κ2) is 6.21. The fourth-order valence-electron chi connectivity index (χ4n) is 2.02. The highest BCUT2D eigenvalue weighted by atomic mass is 16.4. The zero-order valence-corrected chi connectivity index (χ0v) is 11.2. The number of carboxylic acid groups (broad SMARTS) is 1. The molecule has 104 valence electrons. The van der Waals surface area contributed by atoms with Crippen LogP contribution in [0.1, 0.15) is 22.7 Å². The third-order valence-corrected chi connectivity index (χ3v) is 3.15. The lowest BCUT2D eigenvalue weighted by molar-refractivity contribution is -0.139. The molecule has 0 bridgehead atoms. The highest BCUT2D eigenvalue weighted by Crippen LogP contribution is 2.22.